The molecule has 0 aliphatic heterocycles. The van der Waals surface area contributed by atoms with E-state index in [1.165, 1.54) is 24.3 Å². The van der Waals surface area contributed by atoms with Crippen LogP contribution in [-0.4, -0.2) is 25.7 Å². The zero-order chi connectivity index (χ0) is 20.5. The van der Waals surface area contributed by atoms with Crippen molar-refractivity contribution in [2.24, 2.45) is 0 Å². The summed E-state index contributed by atoms with van der Waals surface area (Å²) in [4.78, 5) is -0.163. The zero-order valence-corrected chi connectivity index (χ0v) is 15.0. The SMILES string of the molecule is COc1cc(F)ccc1-c1c(NS(=O)(=O)c2ccccc2)n[nH]c1C(F)(F)F. The Morgan fingerprint density at radius 3 is 2.39 bits per heavy atom. The molecule has 0 bridgehead atoms. The summed E-state index contributed by atoms with van der Waals surface area (Å²) in [5, 5.41) is 5.28. The summed E-state index contributed by atoms with van der Waals surface area (Å²) in [6.07, 6.45) is -4.88. The number of hydrogen-bond acceptors (Lipinski definition) is 4. The van der Waals surface area contributed by atoms with Gasteiger partial charge in [-0.1, -0.05) is 18.2 Å². The number of alkyl halides is 3. The van der Waals surface area contributed by atoms with E-state index < -0.39 is 39.1 Å². The molecule has 0 aliphatic carbocycles. The van der Waals surface area contributed by atoms with Crippen molar-refractivity contribution in [3.63, 3.8) is 0 Å². The Bertz CT molecular complexity index is 1100. The lowest BCUT2D eigenvalue weighted by atomic mass is 10.0. The van der Waals surface area contributed by atoms with Crippen molar-refractivity contribution in [2.45, 2.75) is 11.1 Å². The number of nitrogens with zero attached hydrogens (tertiary/aromatic N) is 1. The first-order valence-electron chi connectivity index (χ1n) is 7.71. The van der Waals surface area contributed by atoms with Gasteiger partial charge in [0, 0.05) is 11.6 Å². The Kier molecular flexibility index (Phi) is 5.02. The van der Waals surface area contributed by atoms with E-state index in [-0.39, 0.29) is 16.2 Å². The molecule has 0 aliphatic rings. The second-order valence-electron chi connectivity index (χ2n) is 5.58. The first-order chi connectivity index (χ1) is 13.1. The van der Waals surface area contributed by atoms with Gasteiger partial charge in [-0.15, -0.1) is 0 Å². The van der Waals surface area contributed by atoms with E-state index in [9.17, 15) is 26.0 Å². The number of anilines is 1. The normalized spacial score (nSPS) is 12.0. The van der Waals surface area contributed by atoms with Crippen LogP contribution in [0.1, 0.15) is 5.69 Å². The Hall–Kier alpha value is -3.08. The van der Waals surface area contributed by atoms with E-state index in [0.717, 1.165) is 25.3 Å². The smallest absolute Gasteiger partial charge is 0.433 e. The summed E-state index contributed by atoms with van der Waals surface area (Å²) in [7, 11) is -3.07. The first-order valence-corrected chi connectivity index (χ1v) is 9.19. The van der Waals surface area contributed by atoms with Crippen LogP contribution in [0.4, 0.5) is 23.4 Å². The van der Waals surface area contributed by atoms with Crippen LogP contribution in [0.25, 0.3) is 11.1 Å². The van der Waals surface area contributed by atoms with Crippen LogP contribution < -0.4 is 9.46 Å². The number of aromatic amines is 1. The summed E-state index contributed by atoms with van der Waals surface area (Å²) in [5.74, 6) is -1.54. The number of halogens is 4. The molecular weight excluding hydrogens is 402 g/mol. The second-order valence-corrected chi connectivity index (χ2v) is 7.27. The van der Waals surface area contributed by atoms with Gasteiger partial charge in [-0.3, -0.25) is 9.82 Å². The molecule has 3 rings (SSSR count). The Morgan fingerprint density at radius 2 is 1.79 bits per heavy atom. The van der Waals surface area contributed by atoms with Gasteiger partial charge in [0.2, 0.25) is 0 Å². The van der Waals surface area contributed by atoms with Crippen molar-refractivity contribution >= 4 is 15.8 Å². The molecule has 28 heavy (non-hydrogen) atoms. The van der Waals surface area contributed by atoms with Crippen LogP contribution in [-0.2, 0) is 16.2 Å². The fourth-order valence-electron chi connectivity index (χ4n) is 2.54. The van der Waals surface area contributed by atoms with Crippen LogP contribution in [0.3, 0.4) is 0 Å². The molecule has 0 unspecified atom stereocenters. The van der Waals surface area contributed by atoms with Gasteiger partial charge in [0.05, 0.1) is 17.6 Å². The first kappa shape index (κ1) is 19.7. The van der Waals surface area contributed by atoms with Gasteiger partial charge in [0.15, 0.2) is 5.82 Å². The number of nitrogens with one attached hydrogen (secondary N) is 2. The lowest BCUT2D eigenvalue weighted by Gasteiger charge is -2.13. The molecule has 3 aromatic rings. The molecule has 0 saturated carbocycles. The molecule has 2 aromatic carbocycles. The maximum absolute atomic E-state index is 13.5. The van der Waals surface area contributed by atoms with Crippen LogP contribution in [0.15, 0.2) is 53.4 Å². The van der Waals surface area contributed by atoms with Crippen LogP contribution in [0.2, 0.25) is 0 Å². The van der Waals surface area contributed by atoms with Gasteiger partial charge >= 0.3 is 6.18 Å². The lowest BCUT2D eigenvalue weighted by Crippen LogP contribution is -2.14. The van der Waals surface area contributed by atoms with Gasteiger partial charge in [0.1, 0.15) is 17.3 Å². The van der Waals surface area contributed by atoms with Gasteiger partial charge in [-0.25, -0.2) is 12.8 Å². The molecule has 0 radical (unpaired) electrons. The fourth-order valence-corrected chi connectivity index (χ4v) is 3.58. The third-order valence-electron chi connectivity index (χ3n) is 3.77. The van der Waals surface area contributed by atoms with E-state index in [1.54, 1.807) is 11.2 Å². The van der Waals surface area contributed by atoms with Gasteiger partial charge < -0.3 is 4.74 Å². The van der Waals surface area contributed by atoms with Crippen LogP contribution in [0, 0.1) is 5.82 Å². The van der Waals surface area contributed by atoms with E-state index in [4.69, 9.17) is 4.74 Å². The number of sulfonamides is 1. The van der Waals surface area contributed by atoms with E-state index in [2.05, 4.69) is 5.10 Å². The highest BCUT2D eigenvalue weighted by molar-refractivity contribution is 7.92. The molecule has 1 aromatic heterocycles. The maximum atomic E-state index is 13.5. The van der Waals surface area contributed by atoms with Crippen molar-refractivity contribution in [1.29, 1.82) is 0 Å². The molecule has 6 nitrogen and oxygen atoms in total. The van der Waals surface area contributed by atoms with Crippen LogP contribution >= 0.6 is 0 Å². The Morgan fingerprint density at radius 1 is 1.11 bits per heavy atom. The average molecular weight is 415 g/mol. The lowest BCUT2D eigenvalue weighted by molar-refractivity contribution is -0.140. The van der Waals surface area contributed by atoms with Crippen LogP contribution in [0.5, 0.6) is 5.75 Å². The molecule has 2 N–H and O–H groups in total. The number of rotatable bonds is 5. The molecule has 0 atom stereocenters. The Balaban J connectivity index is 2.18. The Labute approximate surface area is 157 Å². The van der Waals surface area contributed by atoms with Crippen molar-refractivity contribution < 1.29 is 30.7 Å². The fraction of sp³-hybridized carbons (Fsp3) is 0.118. The summed E-state index contributed by atoms with van der Waals surface area (Å²) >= 11 is 0. The summed E-state index contributed by atoms with van der Waals surface area (Å²) in [6.45, 7) is 0. The summed E-state index contributed by atoms with van der Waals surface area (Å²) in [5.41, 5.74) is -2.09. The van der Waals surface area contributed by atoms with E-state index >= 15 is 0 Å². The predicted molar refractivity (Wildman–Crippen MR) is 92.8 cm³/mol. The minimum Gasteiger partial charge on any atom is -0.496 e. The number of hydrogen-bond donors (Lipinski definition) is 2. The molecule has 0 spiro atoms. The number of ether oxygens (including phenoxy) is 1. The van der Waals surface area contributed by atoms with Crippen molar-refractivity contribution in [3.8, 4) is 16.9 Å². The largest absolute Gasteiger partial charge is 0.496 e. The van der Waals surface area contributed by atoms with Crippen molar-refractivity contribution in [1.82, 2.24) is 10.2 Å². The maximum Gasteiger partial charge on any atom is 0.433 e. The minimum absolute atomic E-state index is 0.163. The topological polar surface area (TPSA) is 84.1 Å². The predicted octanol–water partition coefficient (Wildman–Crippen LogP) is 4.04. The molecule has 1 heterocycles. The van der Waals surface area contributed by atoms with Gasteiger partial charge in [-0.2, -0.15) is 18.3 Å². The van der Waals surface area contributed by atoms with Crippen molar-refractivity contribution in [2.75, 3.05) is 11.8 Å². The third kappa shape index (κ3) is 3.79. The molecule has 0 amide bonds. The number of aromatic nitrogens is 2. The highest BCUT2D eigenvalue weighted by Gasteiger charge is 2.39. The molecular formula is C17H13F4N3O3S. The zero-order valence-electron chi connectivity index (χ0n) is 14.2. The summed E-state index contributed by atoms with van der Waals surface area (Å²) < 4.78 is 85.9. The second kappa shape index (κ2) is 7.15. The minimum atomic E-state index is -4.88. The molecule has 11 heteroatoms. The highest BCUT2D eigenvalue weighted by atomic mass is 32.2. The molecule has 0 saturated heterocycles. The third-order valence-corrected chi connectivity index (χ3v) is 5.12. The van der Waals surface area contributed by atoms with Crippen molar-refractivity contribution in [3.05, 3.63) is 60.0 Å². The van der Waals surface area contributed by atoms with E-state index in [1.807, 2.05) is 4.72 Å². The van der Waals surface area contributed by atoms with Gasteiger partial charge in [-0.05, 0) is 24.3 Å². The molecule has 0 fully saturated rings. The summed E-state index contributed by atoms with van der Waals surface area (Å²) in [6, 6.07) is 9.93. The molecule has 148 valence electrons. The average Bonchev–Trinajstić information content (AvgIpc) is 3.05. The number of benzene rings is 2. The quantitative estimate of drug-likeness (QED) is 0.616. The number of methoxy groups -OCH3 is 1. The monoisotopic (exact) mass is 415 g/mol. The number of H-pyrrole nitrogens is 1. The standard InChI is InChI=1S/C17H13F4N3O3S/c1-27-13-9-10(18)7-8-12(13)14-15(17(19,20)21)22-23-16(14)24-28(25,26)11-5-3-2-4-6-11/h2-9H,1H3,(H2,22,23,24). The van der Waals surface area contributed by atoms with E-state index in [0.29, 0.717) is 0 Å². The highest BCUT2D eigenvalue weighted by Crippen LogP contribution is 2.43. The van der Waals surface area contributed by atoms with Gasteiger partial charge in [0.25, 0.3) is 10.0 Å².